The molecule has 2 N–H and O–H groups in total. The van der Waals surface area contributed by atoms with Gasteiger partial charge < -0.3 is 9.88 Å². The zero-order chi connectivity index (χ0) is 19.5. The molecule has 0 bridgehead atoms. The fourth-order valence-electron chi connectivity index (χ4n) is 2.27. The van der Waals surface area contributed by atoms with E-state index in [0.717, 1.165) is 17.0 Å². The minimum absolute atomic E-state index is 0.378. The number of nitrogens with zero attached hydrogens (tertiary/aromatic N) is 3. The van der Waals surface area contributed by atoms with Gasteiger partial charge in [0, 0.05) is 18.2 Å². The molecule has 26 heavy (non-hydrogen) atoms. The van der Waals surface area contributed by atoms with E-state index >= 15 is 0 Å². The van der Waals surface area contributed by atoms with Crippen LogP contribution >= 0.6 is 11.8 Å². The van der Waals surface area contributed by atoms with Gasteiger partial charge >= 0.3 is 6.03 Å². The maximum absolute atomic E-state index is 12.2. The van der Waals surface area contributed by atoms with Crippen LogP contribution in [0.5, 0.6) is 0 Å². The van der Waals surface area contributed by atoms with Gasteiger partial charge in [-0.3, -0.25) is 10.1 Å². The highest BCUT2D eigenvalue weighted by molar-refractivity contribution is 8.00. The molecule has 7 nitrogen and oxygen atoms in total. The van der Waals surface area contributed by atoms with Crippen LogP contribution in [0.4, 0.5) is 4.79 Å². The van der Waals surface area contributed by atoms with Gasteiger partial charge in [-0.05, 0) is 40.2 Å². The number of carbonyl (C=O) groups is 2. The number of aryl methyl sites for hydroxylation is 1. The zero-order valence-electron chi connectivity index (χ0n) is 16.0. The predicted molar refractivity (Wildman–Crippen MR) is 103 cm³/mol. The summed E-state index contributed by atoms with van der Waals surface area (Å²) in [4.78, 5) is 24.1. The van der Waals surface area contributed by atoms with E-state index < -0.39 is 16.8 Å². The monoisotopic (exact) mass is 375 g/mol. The van der Waals surface area contributed by atoms with E-state index in [1.54, 1.807) is 6.92 Å². The Balaban J connectivity index is 2.06. The molecule has 1 aromatic heterocycles. The Morgan fingerprint density at radius 3 is 2.46 bits per heavy atom. The fraction of sp³-hybridized carbons (Fsp3) is 0.444. The van der Waals surface area contributed by atoms with Crippen LogP contribution in [0.2, 0.25) is 0 Å². The van der Waals surface area contributed by atoms with Crippen LogP contribution < -0.4 is 10.6 Å². The van der Waals surface area contributed by atoms with E-state index in [9.17, 15) is 9.59 Å². The normalized spacial score (nSPS) is 12.5. The molecule has 3 amide bonds. The average Bonchev–Trinajstić information content (AvgIpc) is 2.86. The number of amides is 3. The van der Waals surface area contributed by atoms with Gasteiger partial charge in [0.2, 0.25) is 5.91 Å². The van der Waals surface area contributed by atoms with E-state index in [1.807, 2.05) is 63.6 Å². The second-order valence-electron chi connectivity index (χ2n) is 7.13. The van der Waals surface area contributed by atoms with E-state index in [-0.39, 0.29) is 5.91 Å². The lowest BCUT2D eigenvalue weighted by Crippen LogP contribution is -2.49. The minimum Gasteiger partial charge on any atom is -0.333 e. The molecule has 140 valence electrons. The van der Waals surface area contributed by atoms with Gasteiger partial charge in [0.15, 0.2) is 11.0 Å². The molecule has 2 rings (SSSR count). The molecular weight excluding hydrogens is 350 g/mol. The molecule has 0 radical (unpaired) electrons. The van der Waals surface area contributed by atoms with Crippen LogP contribution in [0.3, 0.4) is 0 Å². The molecule has 1 atom stereocenters. The molecule has 0 aliphatic carbocycles. The molecule has 1 aromatic carbocycles. The quantitative estimate of drug-likeness (QED) is 0.802. The lowest BCUT2D eigenvalue weighted by Gasteiger charge is -2.21. The van der Waals surface area contributed by atoms with Crippen LogP contribution in [0.15, 0.2) is 29.4 Å². The van der Waals surface area contributed by atoms with E-state index in [0.29, 0.717) is 5.16 Å². The Hall–Kier alpha value is -2.35. The van der Waals surface area contributed by atoms with Crippen molar-refractivity contribution in [2.24, 2.45) is 7.05 Å². The van der Waals surface area contributed by atoms with Gasteiger partial charge in [-0.15, -0.1) is 10.2 Å². The number of carbonyl (C=O) groups excluding carboxylic acids is 2. The van der Waals surface area contributed by atoms with Crippen LogP contribution in [-0.4, -0.2) is 37.5 Å². The third-order valence-electron chi connectivity index (χ3n) is 3.60. The Kier molecular flexibility index (Phi) is 6.07. The first kappa shape index (κ1) is 20.0. The number of imide groups is 1. The fourth-order valence-corrected chi connectivity index (χ4v) is 3.09. The minimum atomic E-state index is -0.506. The van der Waals surface area contributed by atoms with Crippen molar-refractivity contribution < 1.29 is 9.59 Å². The molecule has 8 heteroatoms. The van der Waals surface area contributed by atoms with Gasteiger partial charge in [-0.1, -0.05) is 36.0 Å². The summed E-state index contributed by atoms with van der Waals surface area (Å²) in [5.41, 5.74) is 1.69. The largest absolute Gasteiger partial charge is 0.333 e. The molecule has 0 fully saturated rings. The average molecular weight is 375 g/mol. The molecule has 1 heterocycles. The zero-order valence-corrected chi connectivity index (χ0v) is 16.8. The smallest absolute Gasteiger partial charge is 0.321 e. The number of benzene rings is 1. The van der Waals surface area contributed by atoms with E-state index in [1.165, 1.54) is 11.8 Å². The van der Waals surface area contributed by atoms with Crippen LogP contribution in [0, 0.1) is 6.92 Å². The molecule has 2 aromatic rings. The Morgan fingerprint density at radius 1 is 1.19 bits per heavy atom. The molecule has 0 aliphatic heterocycles. The molecule has 0 saturated heterocycles. The SMILES string of the molecule is Cc1ccccc1-c1nnc(S[C@@H](C)C(=O)NC(=O)NC(C)(C)C)n1C. The first-order valence-corrected chi connectivity index (χ1v) is 9.21. The third kappa shape index (κ3) is 5.08. The topological polar surface area (TPSA) is 88.9 Å². The van der Waals surface area contributed by atoms with Gasteiger partial charge in [0.05, 0.1) is 5.25 Å². The molecule has 0 aliphatic rings. The highest BCUT2D eigenvalue weighted by Crippen LogP contribution is 2.27. The van der Waals surface area contributed by atoms with Crippen LogP contribution in [-0.2, 0) is 11.8 Å². The van der Waals surface area contributed by atoms with Crippen molar-refractivity contribution in [3.8, 4) is 11.4 Å². The maximum atomic E-state index is 12.2. The highest BCUT2D eigenvalue weighted by atomic mass is 32.2. The van der Waals surface area contributed by atoms with E-state index in [4.69, 9.17) is 0 Å². The lowest BCUT2D eigenvalue weighted by atomic mass is 10.1. The summed E-state index contributed by atoms with van der Waals surface area (Å²) in [7, 11) is 1.86. The molecule has 0 spiro atoms. The Morgan fingerprint density at radius 2 is 1.85 bits per heavy atom. The third-order valence-corrected chi connectivity index (χ3v) is 4.73. The summed E-state index contributed by atoms with van der Waals surface area (Å²) in [6, 6.07) is 7.42. The van der Waals surface area contributed by atoms with Crippen molar-refractivity contribution in [3.05, 3.63) is 29.8 Å². The van der Waals surface area contributed by atoms with Crippen LogP contribution in [0.25, 0.3) is 11.4 Å². The molecule has 0 unspecified atom stereocenters. The van der Waals surface area contributed by atoms with Crippen molar-refractivity contribution in [3.63, 3.8) is 0 Å². The second-order valence-corrected chi connectivity index (χ2v) is 8.44. The van der Waals surface area contributed by atoms with Crippen molar-refractivity contribution in [1.82, 2.24) is 25.4 Å². The summed E-state index contributed by atoms with van der Waals surface area (Å²) >= 11 is 1.26. The molecule has 0 saturated carbocycles. The number of thioether (sulfide) groups is 1. The van der Waals surface area contributed by atoms with Gasteiger partial charge in [-0.2, -0.15) is 0 Å². The first-order valence-electron chi connectivity index (χ1n) is 8.33. The summed E-state index contributed by atoms with van der Waals surface area (Å²) in [6.07, 6.45) is 0. The summed E-state index contributed by atoms with van der Waals surface area (Å²) in [6.45, 7) is 9.29. The lowest BCUT2D eigenvalue weighted by molar-refractivity contribution is -0.119. The maximum Gasteiger partial charge on any atom is 0.321 e. The number of rotatable bonds is 4. The summed E-state index contributed by atoms with van der Waals surface area (Å²) < 4.78 is 1.85. The Bertz CT molecular complexity index is 810. The number of nitrogens with one attached hydrogen (secondary N) is 2. The van der Waals surface area contributed by atoms with Crippen molar-refractivity contribution in [2.45, 2.75) is 50.6 Å². The predicted octanol–water partition coefficient (Wildman–Crippen LogP) is 2.90. The van der Waals surface area contributed by atoms with Crippen molar-refractivity contribution in [2.75, 3.05) is 0 Å². The van der Waals surface area contributed by atoms with Gasteiger partial charge in [0.1, 0.15) is 0 Å². The standard InChI is InChI=1S/C18H25N5O2S/c1-11-9-7-8-10-13(11)14-21-22-17(23(14)6)26-12(2)15(24)19-16(25)20-18(3,4)5/h7-10,12H,1-6H3,(H2,19,20,24,25)/t12-/m0/s1. The van der Waals surface area contributed by atoms with Crippen molar-refractivity contribution in [1.29, 1.82) is 0 Å². The van der Waals surface area contributed by atoms with Gasteiger partial charge in [0.25, 0.3) is 0 Å². The van der Waals surface area contributed by atoms with Crippen LogP contribution in [0.1, 0.15) is 33.3 Å². The number of urea groups is 1. The Labute approximate surface area is 158 Å². The number of hydrogen-bond acceptors (Lipinski definition) is 5. The molecular formula is C18H25N5O2S. The van der Waals surface area contributed by atoms with Gasteiger partial charge in [-0.25, -0.2) is 4.79 Å². The second kappa shape index (κ2) is 7.90. The highest BCUT2D eigenvalue weighted by Gasteiger charge is 2.22. The van der Waals surface area contributed by atoms with E-state index in [2.05, 4.69) is 20.8 Å². The number of aromatic nitrogens is 3. The van der Waals surface area contributed by atoms with Crippen molar-refractivity contribution >= 4 is 23.7 Å². The summed E-state index contributed by atoms with van der Waals surface area (Å²) in [5, 5.41) is 13.6. The first-order chi connectivity index (χ1) is 12.1. The number of hydrogen-bond donors (Lipinski definition) is 2. The summed E-state index contributed by atoms with van der Waals surface area (Å²) in [5.74, 6) is 0.362.